The van der Waals surface area contributed by atoms with E-state index in [1.54, 1.807) is 0 Å². The summed E-state index contributed by atoms with van der Waals surface area (Å²) in [7, 11) is 0. The number of hydrogen-bond acceptors (Lipinski definition) is 4. The quantitative estimate of drug-likeness (QED) is 0.814. The van der Waals surface area contributed by atoms with Crippen LogP contribution in [0.25, 0.3) is 0 Å². The number of carboxylic acids is 1. The van der Waals surface area contributed by atoms with Crippen LogP contribution in [0.5, 0.6) is 0 Å². The van der Waals surface area contributed by atoms with Gasteiger partial charge in [0.15, 0.2) is 0 Å². The van der Waals surface area contributed by atoms with Gasteiger partial charge in [0, 0.05) is 43.4 Å². The summed E-state index contributed by atoms with van der Waals surface area (Å²) in [6, 6.07) is 15.2. The largest absolute Gasteiger partial charge is 0.480 e. The Balaban J connectivity index is 1.55. The molecule has 0 aliphatic carbocycles. The van der Waals surface area contributed by atoms with E-state index in [4.69, 9.17) is 22.4 Å². The molecular formula is C20H24ClN3O2. The van der Waals surface area contributed by atoms with E-state index < -0.39 is 12.0 Å². The fraction of sp³-hybridized carbons (Fsp3) is 0.350. The fourth-order valence-electron chi connectivity index (χ4n) is 3.29. The molecule has 1 atom stereocenters. The molecular weight excluding hydrogens is 350 g/mol. The summed E-state index contributed by atoms with van der Waals surface area (Å²) in [6.45, 7) is 4.74. The molecule has 5 nitrogen and oxygen atoms in total. The van der Waals surface area contributed by atoms with Crippen molar-refractivity contribution in [3.05, 3.63) is 64.7 Å². The minimum atomic E-state index is -0.965. The molecule has 0 spiro atoms. The first-order chi connectivity index (χ1) is 12.5. The lowest BCUT2D eigenvalue weighted by Crippen LogP contribution is -2.46. The molecule has 138 valence electrons. The summed E-state index contributed by atoms with van der Waals surface area (Å²) in [4.78, 5) is 15.7. The molecule has 26 heavy (non-hydrogen) atoms. The average Bonchev–Trinajstić information content (AvgIpc) is 2.62. The SMILES string of the molecule is NC(Cc1cccc(CN2CCN(c3cccc(Cl)c3)CC2)c1)C(=O)O. The number of carbonyl (C=O) groups is 1. The smallest absolute Gasteiger partial charge is 0.320 e. The van der Waals surface area contributed by atoms with Crippen LogP contribution in [0.2, 0.25) is 5.02 Å². The molecule has 3 rings (SSSR count). The predicted octanol–water partition coefficient (Wildman–Crippen LogP) is 2.62. The molecule has 3 N–H and O–H groups in total. The van der Waals surface area contributed by atoms with Gasteiger partial charge in [0.05, 0.1) is 0 Å². The van der Waals surface area contributed by atoms with Crippen molar-refractivity contribution in [2.45, 2.75) is 19.0 Å². The summed E-state index contributed by atoms with van der Waals surface area (Å²) in [5.74, 6) is -0.965. The number of nitrogens with two attached hydrogens (primary N) is 1. The molecule has 0 amide bonds. The van der Waals surface area contributed by atoms with E-state index in [9.17, 15) is 4.79 Å². The van der Waals surface area contributed by atoms with Crippen molar-refractivity contribution in [2.75, 3.05) is 31.1 Å². The number of benzene rings is 2. The average molecular weight is 374 g/mol. The zero-order valence-corrected chi connectivity index (χ0v) is 15.4. The summed E-state index contributed by atoms with van der Waals surface area (Å²) < 4.78 is 0. The van der Waals surface area contributed by atoms with E-state index in [2.05, 4.69) is 28.0 Å². The highest BCUT2D eigenvalue weighted by atomic mass is 35.5. The third-order valence-corrected chi connectivity index (χ3v) is 4.95. The second-order valence-corrected chi connectivity index (χ2v) is 7.15. The van der Waals surface area contributed by atoms with Crippen LogP contribution in [-0.4, -0.2) is 48.2 Å². The van der Waals surface area contributed by atoms with Crippen LogP contribution in [0.4, 0.5) is 5.69 Å². The number of rotatable bonds is 6. The number of aliphatic carboxylic acids is 1. The molecule has 0 saturated carbocycles. The standard InChI is InChI=1S/C20H24ClN3O2/c21-17-5-2-6-18(13-17)24-9-7-23(8-10-24)14-16-4-1-3-15(11-16)12-19(22)20(25)26/h1-6,11,13,19H,7-10,12,14,22H2,(H,25,26). The van der Waals surface area contributed by atoms with Crippen molar-refractivity contribution in [3.63, 3.8) is 0 Å². The molecule has 6 heteroatoms. The summed E-state index contributed by atoms with van der Waals surface area (Å²) >= 11 is 6.09. The highest BCUT2D eigenvalue weighted by Crippen LogP contribution is 2.21. The molecule has 1 unspecified atom stereocenters. The van der Waals surface area contributed by atoms with Crippen molar-refractivity contribution >= 4 is 23.3 Å². The lowest BCUT2D eigenvalue weighted by Gasteiger charge is -2.36. The summed E-state index contributed by atoms with van der Waals surface area (Å²) in [5.41, 5.74) is 8.97. The Bertz CT molecular complexity index is 760. The lowest BCUT2D eigenvalue weighted by molar-refractivity contribution is -0.138. The molecule has 1 aliphatic rings. The van der Waals surface area contributed by atoms with E-state index >= 15 is 0 Å². The molecule has 0 bridgehead atoms. The van der Waals surface area contributed by atoms with Crippen LogP contribution < -0.4 is 10.6 Å². The number of hydrogen-bond donors (Lipinski definition) is 2. The Morgan fingerprint density at radius 2 is 1.77 bits per heavy atom. The Hall–Kier alpha value is -2.08. The van der Waals surface area contributed by atoms with Crippen molar-refractivity contribution < 1.29 is 9.90 Å². The van der Waals surface area contributed by atoms with E-state index in [1.807, 2.05) is 30.3 Å². The van der Waals surface area contributed by atoms with Gasteiger partial charge in [-0.05, 0) is 35.7 Å². The second kappa shape index (κ2) is 8.54. The third kappa shape index (κ3) is 4.97. The molecule has 1 heterocycles. The number of carboxylic acid groups (broad SMARTS) is 1. The number of anilines is 1. The van der Waals surface area contributed by atoms with Crippen molar-refractivity contribution in [1.82, 2.24) is 4.90 Å². The number of halogens is 1. The first-order valence-corrected chi connectivity index (χ1v) is 9.18. The minimum absolute atomic E-state index is 0.353. The zero-order chi connectivity index (χ0) is 18.5. The van der Waals surface area contributed by atoms with Gasteiger partial charge in [0.2, 0.25) is 0 Å². The summed E-state index contributed by atoms with van der Waals surface area (Å²) in [5, 5.41) is 9.73. The van der Waals surface area contributed by atoms with Crippen molar-refractivity contribution in [2.24, 2.45) is 5.73 Å². The van der Waals surface area contributed by atoms with Crippen LogP contribution >= 0.6 is 11.6 Å². The maximum Gasteiger partial charge on any atom is 0.320 e. The first-order valence-electron chi connectivity index (χ1n) is 8.80. The third-order valence-electron chi connectivity index (χ3n) is 4.72. The molecule has 1 fully saturated rings. The van der Waals surface area contributed by atoms with Gasteiger partial charge in [0.1, 0.15) is 6.04 Å². The maximum atomic E-state index is 10.9. The van der Waals surface area contributed by atoms with Gasteiger partial charge in [-0.15, -0.1) is 0 Å². The molecule has 2 aromatic carbocycles. The summed E-state index contributed by atoms with van der Waals surface area (Å²) in [6.07, 6.45) is 0.353. The Kier molecular flexibility index (Phi) is 6.14. The second-order valence-electron chi connectivity index (χ2n) is 6.71. The zero-order valence-electron chi connectivity index (χ0n) is 14.6. The topological polar surface area (TPSA) is 69.8 Å². The van der Waals surface area contributed by atoms with Crippen LogP contribution in [0.15, 0.2) is 48.5 Å². The molecule has 0 aromatic heterocycles. The van der Waals surface area contributed by atoms with Gasteiger partial charge in [-0.2, -0.15) is 0 Å². The Labute approximate surface area is 159 Å². The van der Waals surface area contributed by atoms with Gasteiger partial charge >= 0.3 is 5.97 Å². The number of piperazine rings is 1. The monoisotopic (exact) mass is 373 g/mol. The highest BCUT2D eigenvalue weighted by molar-refractivity contribution is 6.30. The predicted molar refractivity (Wildman–Crippen MR) is 105 cm³/mol. The Morgan fingerprint density at radius 1 is 1.08 bits per heavy atom. The van der Waals surface area contributed by atoms with Crippen LogP contribution in [-0.2, 0) is 17.8 Å². The van der Waals surface area contributed by atoms with E-state index in [-0.39, 0.29) is 0 Å². The molecule has 2 aromatic rings. The van der Waals surface area contributed by atoms with Gasteiger partial charge in [-0.25, -0.2) is 0 Å². The van der Waals surface area contributed by atoms with Crippen LogP contribution in [0.3, 0.4) is 0 Å². The van der Waals surface area contributed by atoms with Gasteiger partial charge in [0.25, 0.3) is 0 Å². The lowest BCUT2D eigenvalue weighted by atomic mass is 10.0. The maximum absolute atomic E-state index is 10.9. The number of nitrogens with zero attached hydrogens (tertiary/aromatic N) is 2. The Morgan fingerprint density at radius 3 is 2.46 bits per heavy atom. The van der Waals surface area contributed by atoms with E-state index in [0.717, 1.165) is 43.3 Å². The van der Waals surface area contributed by atoms with Gasteiger partial charge in [-0.1, -0.05) is 41.9 Å². The van der Waals surface area contributed by atoms with Crippen molar-refractivity contribution in [1.29, 1.82) is 0 Å². The highest BCUT2D eigenvalue weighted by Gasteiger charge is 2.18. The van der Waals surface area contributed by atoms with E-state index in [1.165, 1.54) is 11.3 Å². The van der Waals surface area contributed by atoms with Crippen molar-refractivity contribution in [3.8, 4) is 0 Å². The fourth-order valence-corrected chi connectivity index (χ4v) is 3.48. The molecule has 1 aliphatic heterocycles. The van der Waals surface area contributed by atoms with Crippen LogP contribution in [0, 0.1) is 0 Å². The van der Waals surface area contributed by atoms with E-state index in [0.29, 0.717) is 6.42 Å². The van der Waals surface area contributed by atoms with Gasteiger partial charge in [-0.3, -0.25) is 9.69 Å². The minimum Gasteiger partial charge on any atom is -0.480 e. The van der Waals surface area contributed by atoms with Crippen LogP contribution in [0.1, 0.15) is 11.1 Å². The first kappa shape index (κ1) is 18.7. The molecule has 1 saturated heterocycles. The normalized spacial score (nSPS) is 16.5. The van der Waals surface area contributed by atoms with Gasteiger partial charge < -0.3 is 15.7 Å². The molecule has 0 radical (unpaired) electrons.